The summed E-state index contributed by atoms with van der Waals surface area (Å²) in [6.07, 6.45) is 0.585. The van der Waals surface area contributed by atoms with Gasteiger partial charge in [0.1, 0.15) is 0 Å². The van der Waals surface area contributed by atoms with Crippen molar-refractivity contribution in [1.29, 1.82) is 0 Å². The first kappa shape index (κ1) is 13.4. The van der Waals surface area contributed by atoms with Gasteiger partial charge in [0.05, 0.1) is 6.04 Å². The molecule has 0 bridgehead atoms. The molecule has 3 heteroatoms. The van der Waals surface area contributed by atoms with E-state index in [4.69, 9.17) is 11.6 Å². The molecule has 0 radical (unpaired) electrons. The van der Waals surface area contributed by atoms with Crippen LogP contribution >= 0.6 is 11.6 Å². The Balaban J connectivity index is 1.88. The van der Waals surface area contributed by atoms with Crippen LogP contribution < -0.4 is 0 Å². The van der Waals surface area contributed by atoms with Crippen LogP contribution in [0.2, 0.25) is 0 Å². The van der Waals surface area contributed by atoms with Gasteiger partial charge in [0.25, 0.3) is 0 Å². The van der Waals surface area contributed by atoms with Gasteiger partial charge in [0.15, 0.2) is 0 Å². The Morgan fingerprint density at radius 2 is 2.00 bits per heavy atom. The maximum Gasteiger partial charge on any atom is 0.223 e. The Bertz CT molecular complexity index is 640. The summed E-state index contributed by atoms with van der Waals surface area (Å²) in [4.78, 5) is 14.0. The molecule has 1 amide bonds. The standard InChI is InChI=1S/C17H18ClNO/c1-12(19-11-13(10-18)8-17(19)20)15-7-6-14-4-2-3-5-16(14)9-15/h2-7,9,12-13H,8,10-11H2,1H3/t12-,13?/m0/s1. The second-order valence-electron chi connectivity index (χ2n) is 5.55. The molecular formula is C17H18ClNO. The third-order valence-corrected chi connectivity index (χ3v) is 4.62. The highest BCUT2D eigenvalue weighted by Crippen LogP contribution is 2.30. The van der Waals surface area contributed by atoms with Gasteiger partial charge in [-0.25, -0.2) is 0 Å². The normalized spacial score (nSPS) is 20.6. The molecule has 2 aromatic rings. The van der Waals surface area contributed by atoms with E-state index in [0.717, 1.165) is 6.54 Å². The number of fused-ring (bicyclic) bond motifs is 1. The molecular weight excluding hydrogens is 270 g/mol. The molecule has 0 spiro atoms. The molecule has 1 heterocycles. The number of rotatable bonds is 3. The van der Waals surface area contributed by atoms with Gasteiger partial charge in [-0.15, -0.1) is 11.6 Å². The minimum Gasteiger partial charge on any atom is -0.336 e. The fraction of sp³-hybridized carbons (Fsp3) is 0.353. The molecule has 1 aliphatic rings. The largest absolute Gasteiger partial charge is 0.336 e. The SMILES string of the molecule is C[C@@H](c1ccc2ccccc2c1)N1CC(CCl)CC1=O. The van der Waals surface area contributed by atoms with E-state index in [9.17, 15) is 4.79 Å². The van der Waals surface area contributed by atoms with Crippen molar-refractivity contribution in [3.63, 3.8) is 0 Å². The van der Waals surface area contributed by atoms with Crippen molar-refractivity contribution in [2.24, 2.45) is 5.92 Å². The van der Waals surface area contributed by atoms with Gasteiger partial charge in [-0.05, 0) is 35.2 Å². The summed E-state index contributed by atoms with van der Waals surface area (Å²) in [5.74, 6) is 1.08. The first-order chi connectivity index (χ1) is 9.69. The summed E-state index contributed by atoms with van der Waals surface area (Å²) in [5, 5.41) is 2.45. The summed E-state index contributed by atoms with van der Waals surface area (Å²) in [5.41, 5.74) is 1.19. The highest BCUT2D eigenvalue weighted by atomic mass is 35.5. The maximum atomic E-state index is 12.1. The summed E-state index contributed by atoms with van der Waals surface area (Å²) in [6.45, 7) is 2.87. The first-order valence-corrected chi connectivity index (χ1v) is 7.56. The van der Waals surface area contributed by atoms with Crippen molar-refractivity contribution < 1.29 is 4.79 Å². The summed E-state index contributed by atoms with van der Waals surface area (Å²) in [6, 6.07) is 14.8. The molecule has 104 valence electrons. The van der Waals surface area contributed by atoms with E-state index in [-0.39, 0.29) is 11.9 Å². The molecule has 1 unspecified atom stereocenters. The van der Waals surface area contributed by atoms with Crippen LogP contribution in [0.15, 0.2) is 42.5 Å². The van der Waals surface area contributed by atoms with Crippen LogP contribution in [0.5, 0.6) is 0 Å². The molecule has 2 aromatic carbocycles. The van der Waals surface area contributed by atoms with Gasteiger partial charge in [-0.2, -0.15) is 0 Å². The molecule has 1 saturated heterocycles. The molecule has 2 nitrogen and oxygen atoms in total. The molecule has 1 aliphatic heterocycles. The minimum absolute atomic E-state index is 0.111. The zero-order valence-corrected chi connectivity index (χ0v) is 12.3. The number of amides is 1. The van der Waals surface area contributed by atoms with E-state index in [1.165, 1.54) is 16.3 Å². The lowest BCUT2D eigenvalue weighted by atomic mass is 10.0. The van der Waals surface area contributed by atoms with E-state index in [2.05, 4.69) is 37.3 Å². The zero-order chi connectivity index (χ0) is 14.1. The number of hydrogen-bond donors (Lipinski definition) is 0. The fourth-order valence-corrected chi connectivity index (χ4v) is 3.14. The van der Waals surface area contributed by atoms with Crippen molar-refractivity contribution in [2.45, 2.75) is 19.4 Å². The zero-order valence-electron chi connectivity index (χ0n) is 11.6. The fourth-order valence-electron chi connectivity index (χ4n) is 2.93. The number of nitrogens with zero attached hydrogens (tertiary/aromatic N) is 1. The lowest BCUT2D eigenvalue weighted by molar-refractivity contribution is -0.129. The van der Waals surface area contributed by atoms with Gasteiger partial charge in [-0.3, -0.25) is 4.79 Å². The predicted octanol–water partition coefficient (Wildman–Crippen LogP) is 3.99. The van der Waals surface area contributed by atoms with E-state index >= 15 is 0 Å². The number of hydrogen-bond acceptors (Lipinski definition) is 1. The molecule has 1 fully saturated rings. The van der Waals surface area contributed by atoms with E-state index in [1.807, 2.05) is 17.0 Å². The summed E-state index contributed by atoms with van der Waals surface area (Å²) >= 11 is 5.89. The van der Waals surface area contributed by atoms with Crippen LogP contribution in [0.1, 0.15) is 24.9 Å². The Hall–Kier alpha value is -1.54. The van der Waals surface area contributed by atoms with Gasteiger partial charge in [0, 0.05) is 18.8 Å². The third-order valence-electron chi connectivity index (χ3n) is 4.18. The number of halogens is 1. The third kappa shape index (κ3) is 2.40. The predicted molar refractivity (Wildman–Crippen MR) is 82.9 cm³/mol. The van der Waals surface area contributed by atoms with Crippen LogP contribution in [-0.4, -0.2) is 23.2 Å². The summed E-state index contributed by atoms with van der Waals surface area (Å²) in [7, 11) is 0. The minimum atomic E-state index is 0.111. The molecule has 20 heavy (non-hydrogen) atoms. The van der Waals surface area contributed by atoms with Crippen LogP contribution in [0.25, 0.3) is 10.8 Å². The van der Waals surface area contributed by atoms with Crippen molar-refractivity contribution in [1.82, 2.24) is 4.90 Å². The Kier molecular flexibility index (Phi) is 3.66. The first-order valence-electron chi connectivity index (χ1n) is 7.03. The maximum absolute atomic E-state index is 12.1. The second-order valence-corrected chi connectivity index (χ2v) is 5.86. The van der Waals surface area contributed by atoms with Crippen molar-refractivity contribution >= 4 is 28.3 Å². The van der Waals surface area contributed by atoms with Crippen molar-refractivity contribution in [3.05, 3.63) is 48.0 Å². The molecule has 0 saturated carbocycles. The average molecular weight is 288 g/mol. The van der Waals surface area contributed by atoms with Crippen molar-refractivity contribution in [3.8, 4) is 0 Å². The van der Waals surface area contributed by atoms with Gasteiger partial charge in [-0.1, -0.05) is 36.4 Å². The number of carbonyl (C=O) groups excluding carboxylic acids is 1. The number of alkyl halides is 1. The number of benzene rings is 2. The van der Waals surface area contributed by atoms with Gasteiger partial charge < -0.3 is 4.90 Å². The molecule has 2 atom stereocenters. The molecule has 0 aliphatic carbocycles. The van der Waals surface area contributed by atoms with E-state index in [1.54, 1.807) is 0 Å². The topological polar surface area (TPSA) is 20.3 Å². The Labute approximate surface area is 124 Å². The van der Waals surface area contributed by atoms with E-state index < -0.39 is 0 Å². The second kappa shape index (κ2) is 5.45. The average Bonchev–Trinajstić information content (AvgIpc) is 2.87. The lowest BCUT2D eigenvalue weighted by Crippen LogP contribution is -2.28. The van der Waals surface area contributed by atoms with Gasteiger partial charge >= 0.3 is 0 Å². The lowest BCUT2D eigenvalue weighted by Gasteiger charge is -2.25. The van der Waals surface area contributed by atoms with E-state index in [0.29, 0.717) is 18.2 Å². The number of likely N-dealkylation sites (tertiary alicyclic amines) is 1. The highest BCUT2D eigenvalue weighted by Gasteiger charge is 2.32. The van der Waals surface area contributed by atoms with Crippen LogP contribution in [0.4, 0.5) is 0 Å². The molecule has 0 N–H and O–H groups in total. The summed E-state index contributed by atoms with van der Waals surface area (Å²) < 4.78 is 0. The smallest absolute Gasteiger partial charge is 0.223 e. The molecule has 0 aromatic heterocycles. The van der Waals surface area contributed by atoms with Gasteiger partial charge in [0.2, 0.25) is 5.91 Å². The van der Waals surface area contributed by atoms with Crippen LogP contribution in [-0.2, 0) is 4.79 Å². The monoisotopic (exact) mass is 287 g/mol. The molecule has 3 rings (SSSR count). The van der Waals surface area contributed by atoms with Crippen LogP contribution in [0.3, 0.4) is 0 Å². The quantitative estimate of drug-likeness (QED) is 0.782. The van der Waals surface area contributed by atoms with Crippen molar-refractivity contribution in [2.75, 3.05) is 12.4 Å². The van der Waals surface area contributed by atoms with Crippen LogP contribution in [0, 0.1) is 5.92 Å². The Morgan fingerprint density at radius 3 is 2.70 bits per heavy atom. The highest BCUT2D eigenvalue weighted by molar-refractivity contribution is 6.18. The Morgan fingerprint density at radius 1 is 1.25 bits per heavy atom. The number of carbonyl (C=O) groups is 1.